The van der Waals surface area contributed by atoms with Crippen LogP contribution in [0, 0.1) is 0 Å². The number of hydrogen-bond acceptors (Lipinski definition) is 4. The minimum atomic E-state index is -3.33. The first kappa shape index (κ1) is 19.4. The Bertz CT molecular complexity index is 872. The van der Waals surface area contributed by atoms with E-state index in [0.29, 0.717) is 11.3 Å². The lowest BCUT2D eigenvalue weighted by Gasteiger charge is -2.26. The highest BCUT2D eigenvalue weighted by Gasteiger charge is 2.11. The topological polar surface area (TPSA) is 78.5 Å². The van der Waals surface area contributed by atoms with Gasteiger partial charge in [0, 0.05) is 23.5 Å². The molecule has 1 saturated heterocycles. The summed E-state index contributed by atoms with van der Waals surface area (Å²) in [5, 5.41) is 2.87. The highest BCUT2D eigenvalue weighted by molar-refractivity contribution is 7.92. The van der Waals surface area contributed by atoms with Crippen LogP contribution in [0.1, 0.15) is 35.2 Å². The minimum absolute atomic E-state index is 0.232. The van der Waals surface area contributed by atoms with Gasteiger partial charge in [-0.2, -0.15) is 0 Å². The minimum Gasteiger partial charge on any atom is -0.322 e. The van der Waals surface area contributed by atoms with Crippen molar-refractivity contribution in [2.45, 2.75) is 25.8 Å². The van der Waals surface area contributed by atoms with Crippen LogP contribution in [0.4, 0.5) is 11.4 Å². The Balaban J connectivity index is 1.57. The summed E-state index contributed by atoms with van der Waals surface area (Å²) in [6.45, 7) is 3.26. The van der Waals surface area contributed by atoms with Gasteiger partial charge in [0.1, 0.15) is 0 Å². The number of piperidine rings is 1. The molecule has 3 rings (SSSR count). The summed E-state index contributed by atoms with van der Waals surface area (Å²) in [6, 6.07) is 14.2. The first-order chi connectivity index (χ1) is 12.9. The number of benzene rings is 2. The van der Waals surface area contributed by atoms with Gasteiger partial charge in [-0.25, -0.2) is 8.42 Å². The SMILES string of the molecule is CS(=O)(=O)Nc1ccc(C(=O)Nc2ccc(CN3CCCCC3)cc2)cc1. The number of amides is 1. The lowest BCUT2D eigenvalue weighted by Crippen LogP contribution is -2.29. The van der Waals surface area contributed by atoms with E-state index in [1.165, 1.54) is 24.8 Å². The maximum absolute atomic E-state index is 12.4. The second-order valence-corrected chi connectivity index (χ2v) is 8.69. The number of carbonyl (C=O) groups is 1. The molecular formula is C20H25N3O3S. The number of nitrogens with zero attached hydrogens (tertiary/aromatic N) is 1. The quantitative estimate of drug-likeness (QED) is 0.797. The molecule has 6 nitrogen and oxygen atoms in total. The number of nitrogens with one attached hydrogen (secondary N) is 2. The molecule has 0 unspecified atom stereocenters. The molecule has 7 heteroatoms. The van der Waals surface area contributed by atoms with Crippen molar-refractivity contribution >= 4 is 27.3 Å². The van der Waals surface area contributed by atoms with Gasteiger partial charge >= 0.3 is 0 Å². The van der Waals surface area contributed by atoms with Crippen LogP contribution >= 0.6 is 0 Å². The Kier molecular flexibility index (Phi) is 6.13. The van der Waals surface area contributed by atoms with E-state index in [9.17, 15) is 13.2 Å². The third-order valence-corrected chi connectivity index (χ3v) is 5.12. The molecule has 0 spiro atoms. The molecule has 0 aliphatic carbocycles. The monoisotopic (exact) mass is 387 g/mol. The van der Waals surface area contributed by atoms with Crippen LogP contribution in [0.3, 0.4) is 0 Å². The summed E-state index contributed by atoms with van der Waals surface area (Å²) in [6.07, 6.45) is 4.95. The van der Waals surface area contributed by atoms with Gasteiger partial charge in [0.25, 0.3) is 5.91 Å². The molecule has 2 N–H and O–H groups in total. The molecule has 1 aliphatic rings. The van der Waals surface area contributed by atoms with Crippen LogP contribution in [0.2, 0.25) is 0 Å². The average Bonchev–Trinajstić information content (AvgIpc) is 2.63. The molecule has 1 fully saturated rings. The van der Waals surface area contributed by atoms with Gasteiger partial charge in [-0.1, -0.05) is 18.6 Å². The van der Waals surface area contributed by atoms with Crippen molar-refractivity contribution in [2.75, 3.05) is 29.4 Å². The lowest BCUT2D eigenvalue weighted by atomic mass is 10.1. The first-order valence-electron chi connectivity index (χ1n) is 9.09. The van der Waals surface area contributed by atoms with Crippen molar-refractivity contribution < 1.29 is 13.2 Å². The predicted octanol–water partition coefficient (Wildman–Crippen LogP) is 3.30. The first-order valence-corrected chi connectivity index (χ1v) is 11.0. The summed E-state index contributed by atoms with van der Waals surface area (Å²) >= 11 is 0. The van der Waals surface area contributed by atoms with Crippen LogP contribution < -0.4 is 10.0 Å². The van der Waals surface area contributed by atoms with Crippen molar-refractivity contribution in [3.63, 3.8) is 0 Å². The summed E-state index contributed by atoms with van der Waals surface area (Å²) in [7, 11) is -3.33. The molecule has 1 amide bonds. The second kappa shape index (κ2) is 8.54. The van der Waals surface area contributed by atoms with Crippen molar-refractivity contribution in [3.05, 3.63) is 59.7 Å². The number of sulfonamides is 1. The molecule has 27 heavy (non-hydrogen) atoms. The van der Waals surface area contributed by atoms with E-state index in [4.69, 9.17) is 0 Å². The molecule has 0 radical (unpaired) electrons. The fourth-order valence-electron chi connectivity index (χ4n) is 3.18. The van der Waals surface area contributed by atoms with Crippen molar-refractivity contribution in [1.82, 2.24) is 4.90 Å². The van der Waals surface area contributed by atoms with E-state index in [2.05, 4.69) is 14.9 Å². The molecule has 2 aromatic rings. The molecule has 0 atom stereocenters. The number of rotatable bonds is 6. The molecule has 2 aromatic carbocycles. The normalized spacial score (nSPS) is 15.3. The zero-order valence-electron chi connectivity index (χ0n) is 15.4. The standard InChI is InChI=1S/C20H25N3O3S/c1-27(25,26)22-19-11-7-17(8-12-19)20(24)21-18-9-5-16(6-10-18)15-23-13-3-2-4-14-23/h5-12,22H,2-4,13-15H2,1H3,(H,21,24). The van der Waals surface area contributed by atoms with Gasteiger partial charge in [0.2, 0.25) is 10.0 Å². The van der Waals surface area contributed by atoms with Crippen LogP contribution in [-0.2, 0) is 16.6 Å². The average molecular weight is 388 g/mol. The highest BCUT2D eigenvalue weighted by atomic mass is 32.2. The smallest absolute Gasteiger partial charge is 0.255 e. The Morgan fingerprint density at radius 1 is 0.926 bits per heavy atom. The van der Waals surface area contributed by atoms with E-state index in [1.807, 2.05) is 24.3 Å². The van der Waals surface area contributed by atoms with Crippen LogP contribution in [-0.4, -0.2) is 38.6 Å². The molecular weight excluding hydrogens is 362 g/mol. The zero-order chi connectivity index (χ0) is 19.3. The lowest BCUT2D eigenvalue weighted by molar-refractivity contribution is 0.102. The summed E-state index contributed by atoms with van der Waals surface area (Å²) in [5.74, 6) is -0.232. The van der Waals surface area contributed by atoms with E-state index < -0.39 is 10.0 Å². The Morgan fingerprint density at radius 2 is 1.52 bits per heavy atom. The summed E-state index contributed by atoms with van der Waals surface area (Å²) < 4.78 is 24.8. The molecule has 144 valence electrons. The fourth-order valence-corrected chi connectivity index (χ4v) is 3.74. The summed E-state index contributed by atoms with van der Waals surface area (Å²) in [5.41, 5.74) is 2.87. The van der Waals surface area contributed by atoms with E-state index in [-0.39, 0.29) is 5.91 Å². The molecule has 0 bridgehead atoms. The maximum Gasteiger partial charge on any atom is 0.255 e. The van der Waals surface area contributed by atoms with Crippen molar-refractivity contribution in [2.24, 2.45) is 0 Å². The number of hydrogen-bond donors (Lipinski definition) is 2. The van der Waals surface area contributed by atoms with Crippen LogP contribution in [0.15, 0.2) is 48.5 Å². The van der Waals surface area contributed by atoms with Crippen molar-refractivity contribution in [3.8, 4) is 0 Å². The van der Waals surface area contributed by atoms with Gasteiger partial charge < -0.3 is 5.32 Å². The second-order valence-electron chi connectivity index (χ2n) is 6.94. The van der Waals surface area contributed by atoms with Gasteiger partial charge in [0.15, 0.2) is 0 Å². The van der Waals surface area contributed by atoms with Gasteiger partial charge in [-0.15, -0.1) is 0 Å². The summed E-state index contributed by atoms with van der Waals surface area (Å²) in [4.78, 5) is 14.8. The Labute approximate surface area is 160 Å². The van der Waals surface area contributed by atoms with Crippen molar-refractivity contribution in [1.29, 1.82) is 0 Å². The van der Waals surface area contributed by atoms with E-state index in [0.717, 1.165) is 31.6 Å². The van der Waals surface area contributed by atoms with Crippen LogP contribution in [0.25, 0.3) is 0 Å². The third-order valence-electron chi connectivity index (χ3n) is 4.52. The van der Waals surface area contributed by atoms with Gasteiger partial charge in [0.05, 0.1) is 6.26 Å². The van der Waals surface area contributed by atoms with Gasteiger partial charge in [-0.3, -0.25) is 14.4 Å². The zero-order valence-corrected chi connectivity index (χ0v) is 16.3. The van der Waals surface area contributed by atoms with E-state index in [1.54, 1.807) is 24.3 Å². The maximum atomic E-state index is 12.4. The van der Waals surface area contributed by atoms with E-state index >= 15 is 0 Å². The largest absolute Gasteiger partial charge is 0.322 e. The van der Waals surface area contributed by atoms with Gasteiger partial charge in [-0.05, 0) is 67.9 Å². The fraction of sp³-hybridized carbons (Fsp3) is 0.350. The molecule has 0 aromatic heterocycles. The number of carbonyl (C=O) groups excluding carboxylic acids is 1. The molecule has 1 heterocycles. The third kappa shape index (κ3) is 6.08. The molecule has 1 aliphatic heterocycles. The number of likely N-dealkylation sites (tertiary alicyclic amines) is 1. The highest BCUT2D eigenvalue weighted by Crippen LogP contribution is 2.17. The Morgan fingerprint density at radius 3 is 2.11 bits per heavy atom. The van der Waals surface area contributed by atoms with Crippen LogP contribution in [0.5, 0.6) is 0 Å². The Hall–Kier alpha value is -2.38. The number of anilines is 2. The molecule has 0 saturated carbocycles. The predicted molar refractivity (Wildman–Crippen MR) is 108 cm³/mol.